The smallest absolute Gasteiger partial charge is 0.171 e. The van der Waals surface area contributed by atoms with E-state index in [9.17, 15) is 0 Å². The predicted octanol–water partition coefficient (Wildman–Crippen LogP) is 3.49. The molecule has 0 atom stereocenters. The lowest BCUT2D eigenvalue weighted by molar-refractivity contribution is 0.415. The number of imidazole rings is 1. The third-order valence-corrected chi connectivity index (χ3v) is 4.31. The van der Waals surface area contributed by atoms with Gasteiger partial charge in [-0.2, -0.15) is 0 Å². The van der Waals surface area contributed by atoms with Gasteiger partial charge in [0.05, 0.1) is 18.1 Å². The quantitative estimate of drug-likeness (QED) is 0.774. The van der Waals surface area contributed by atoms with Gasteiger partial charge < -0.3 is 15.5 Å². The van der Waals surface area contributed by atoms with E-state index in [0.29, 0.717) is 6.54 Å². The molecule has 0 aliphatic rings. The number of fused-ring (bicyclic) bond motifs is 1. The van der Waals surface area contributed by atoms with E-state index in [1.807, 2.05) is 18.2 Å². The SMILES string of the molecule is COc1ccc2nc(Sc3ccc(C)cc3CN)[nH]c2c1. The number of methoxy groups -OCH3 is 1. The first kappa shape index (κ1) is 14.0. The summed E-state index contributed by atoms with van der Waals surface area (Å²) in [6.07, 6.45) is 0. The van der Waals surface area contributed by atoms with Gasteiger partial charge in [-0.3, -0.25) is 0 Å². The van der Waals surface area contributed by atoms with Crippen molar-refractivity contribution >= 4 is 22.8 Å². The van der Waals surface area contributed by atoms with Crippen LogP contribution < -0.4 is 10.5 Å². The van der Waals surface area contributed by atoms with Crippen LogP contribution in [0.2, 0.25) is 0 Å². The van der Waals surface area contributed by atoms with Crippen LogP contribution in [0, 0.1) is 6.92 Å². The van der Waals surface area contributed by atoms with Crippen molar-refractivity contribution in [3.63, 3.8) is 0 Å². The molecule has 0 aliphatic carbocycles. The summed E-state index contributed by atoms with van der Waals surface area (Å²) in [6, 6.07) is 12.1. The number of aromatic nitrogens is 2. The van der Waals surface area contributed by atoms with Crippen molar-refractivity contribution in [1.29, 1.82) is 0 Å². The Morgan fingerprint density at radius 1 is 1.24 bits per heavy atom. The molecule has 0 amide bonds. The number of ether oxygens (including phenoxy) is 1. The van der Waals surface area contributed by atoms with Crippen molar-refractivity contribution in [1.82, 2.24) is 9.97 Å². The van der Waals surface area contributed by atoms with E-state index in [1.165, 1.54) is 5.56 Å². The maximum absolute atomic E-state index is 5.83. The molecular weight excluding hydrogens is 282 g/mol. The largest absolute Gasteiger partial charge is 0.497 e. The van der Waals surface area contributed by atoms with Gasteiger partial charge in [0.15, 0.2) is 5.16 Å². The summed E-state index contributed by atoms with van der Waals surface area (Å²) in [5.74, 6) is 0.820. The van der Waals surface area contributed by atoms with Gasteiger partial charge in [-0.05, 0) is 30.7 Å². The second-order valence-electron chi connectivity index (χ2n) is 4.84. The summed E-state index contributed by atoms with van der Waals surface area (Å²) in [7, 11) is 1.66. The first-order valence-electron chi connectivity index (χ1n) is 6.71. The van der Waals surface area contributed by atoms with Crippen molar-refractivity contribution in [2.45, 2.75) is 23.5 Å². The molecule has 0 fully saturated rings. The number of hydrogen-bond donors (Lipinski definition) is 2. The van der Waals surface area contributed by atoms with Crippen LogP contribution in [0.4, 0.5) is 0 Å². The summed E-state index contributed by atoms with van der Waals surface area (Å²) < 4.78 is 5.23. The average Bonchev–Trinajstić information content (AvgIpc) is 2.90. The highest BCUT2D eigenvalue weighted by atomic mass is 32.2. The van der Waals surface area contributed by atoms with Gasteiger partial charge in [0.2, 0.25) is 0 Å². The number of hydrogen-bond acceptors (Lipinski definition) is 4. The number of H-pyrrole nitrogens is 1. The standard InChI is InChI=1S/C16H17N3OS/c1-10-3-6-15(11(7-10)9-17)21-16-18-13-5-4-12(20-2)8-14(13)19-16/h3-8H,9,17H2,1-2H3,(H,18,19). The lowest BCUT2D eigenvalue weighted by Crippen LogP contribution is -1.98. The van der Waals surface area contributed by atoms with Crippen molar-refractivity contribution in [2.24, 2.45) is 5.73 Å². The third-order valence-electron chi connectivity index (χ3n) is 3.31. The first-order valence-corrected chi connectivity index (χ1v) is 7.52. The summed E-state index contributed by atoms with van der Waals surface area (Å²) in [5, 5.41) is 0.858. The maximum Gasteiger partial charge on any atom is 0.171 e. The molecule has 3 rings (SSSR count). The predicted molar refractivity (Wildman–Crippen MR) is 85.8 cm³/mol. The number of nitrogens with two attached hydrogens (primary N) is 1. The molecule has 21 heavy (non-hydrogen) atoms. The first-order chi connectivity index (χ1) is 10.2. The fourth-order valence-electron chi connectivity index (χ4n) is 2.21. The maximum atomic E-state index is 5.83. The van der Waals surface area contributed by atoms with Gasteiger partial charge in [-0.1, -0.05) is 29.5 Å². The Bertz CT molecular complexity index is 782. The second kappa shape index (κ2) is 5.79. The van der Waals surface area contributed by atoms with Gasteiger partial charge >= 0.3 is 0 Å². The van der Waals surface area contributed by atoms with Gasteiger partial charge in [-0.25, -0.2) is 4.98 Å². The summed E-state index contributed by atoms with van der Waals surface area (Å²) in [6.45, 7) is 2.60. The highest BCUT2D eigenvalue weighted by Gasteiger charge is 2.08. The zero-order chi connectivity index (χ0) is 14.8. The molecule has 1 heterocycles. The topological polar surface area (TPSA) is 63.9 Å². The monoisotopic (exact) mass is 299 g/mol. The normalized spacial score (nSPS) is 11.0. The van der Waals surface area contributed by atoms with E-state index < -0.39 is 0 Å². The van der Waals surface area contributed by atoms with Crippen LogP contribution >= 0.6 is 11.8 Å². The van der Waals surface area contributed by atoms with E-state index >= 15 is 0 Å². The average molecular weight is 299 g/mol. The minimum absolute atomic E-state index is 0.526. The molecule has 0 radical (unpaired) electrons. The van der Waals surface area contributed by atoms with Crippen molar-refractivity contribution in [3.05, 3.63) is 47.5 Å². The minimum atomic E-state index is 0.526. The lowest BCUT2D eigenvalue weighted by atomic mass is 10.1. The van der Waals surface area contributed by atoms with E-state index in [1.54, 1.807) is 18.9 Å². The van der Waals surface area contributed by atoms with Crippen LogP contribution in [0.5, 0.6) is 5.75 Å². The van der Waals surface area contributed by atoms with E-state index in [0.717, 1.165) is 32.4 Å². The van der Waals surface area contributed by atoms with Crippen LogP contribution in [-0.2, 0) is 6.54 Å². The zero-order valence-corrected chi connectivity index (χ0v) is 12.8. The Kier molecular flexibility index (Phi) is 3.86. The minimum Gasteiger partial charge on any atom is -0.497 e. The summed E-state index contributed by atoms with van der Waals surface area (Å²) in [5.41, 5.74) is 10.1. The van der Waals surface area contributed by atoms with Crippen molar-refractivity contribution < 1.29 is 4.74 Å². The van der Waals surface area contributed by atoms with Crippen LogP contribution in [-0.4, -0.2) is 17.1 Å². The molecule has 0 spiro atoms. The molecule has 0 aliphatic heterocycles. The molecule has 108 valence electrons. The third kappa shape index (κ3) is 2.89. The number of rotatable bonds is 4. The van der Waals surface area contributed by atoms with Crippen molar-refractivity contribution in [3.8, 4) is 5.75 Å². The number of aryl methyl sites for hydroxylation is 1. The van der Waals surface area contributed by atoms with Crippen molar-refractivity contribution in [2.75, 3.05) is 7.11 Å². The number of aromatic amines is 1. The molecule has 4 nitrogen and oxygen atoms in total. The highest BCUT2D eigenvalue weighted by molar-refractivity contribution is 7.99. The van der Waals surface area contributed by atoms with Gasteiger partial charge in [-0.15, -0.1) is 0 Å². The lowest BCUT2D eigenvalue weighted by Gasteiger charge is -2.06. The van der Waals surface area contributed by atoms with Crippen LogP contribution in [0.1, 0.15) is 11.1 Å². The van der Waals surface area contributed by atoms with Crippen LogP contribution in [0.15, 0.2) is 46.5 Å². The van der Waals surface area contributed by atoms with Crippen LogP contribution in [0.25, 0.3) is 11.0 Å². The number of nitrogens with zero attached hydrogens (tertiary/aromatic N) is 1. The Morgan fingerprint density at radius 3 is 2.86 bits per heavy atom. The Labute approximate surface area is 127 Å². The molecule has 0 bridgehead atoms. The molecule has 0 saturated heterocycles. The van der Waals surface area contributed by atoms with Gasteiger partial charge in [0, 0.05) is 17.5 Å². The van der Waals surface area contributed by atoms with E-state index in [-0.39, 0.29) is 0 Å². The Balaban J connectivity index is 1.94. The molecule has 3 aromatic rings. The Hall–Kier alpha value is -1.98. The molecule has 2 aromatic carbocycles. The molecule has 0 saturated carbocycles. The fraction of sp³-hybridized carbons (Fsp3) is 0.188. The molecule has 0 unspecified atom stereocenters. The van der Waals surface area contributed by atoms with Gasteiger partial charge in [0.25, 0.3) is 0 Å². The van der Waals surface area contributed by atoms with E-state index in [2.05, 4.69) is 35.1 Å². The number of benzene rings is 2. The van der Waals surface area contributed by atoms with Crippen LogP contribution in [0.3, 0.4) is 0 Å². The summed E-state index contributed by atoms with van der Waals surface area (Å²) >= 11 is 1.60. The van der Waals surface area contributed by atoms with Gasteiger partial charge in [0.1, 0.15) is 5.75 Å². The summed E-state index contributed by atoms with van der Waals surface area (Å²) in [4.78, 5) is 9.04. The second-order valence-corrected chi connectivity index (χ2v) is 5.87. The molecule has 3 N–H and O–H groups in total. The number of nitrogens with one attached hydrogen (secondary N) is 1. The molecule has 1 aromatic heterocycles. The Morgan fingerprint density at radius 2 is 2.10 bits per heavy atom. The highest BCUT2D eigenvalue weighted by Crippen LogP contribution is 2.31. The zero-order valence-electron chi connectivity index (χ0n) is 12.0. The van der Waals surface area contributed by atoms with E-state index in [4.69, 9.17) is 10.5 Å². The fourth-order valence-corrected chi connectivity index (χ4v) is 3.13. The molecular formula is C16H17N3OS. The molecule has 5 heteroatoms.